The summed E-state index contributed by atoms with van der Waals surface area (Å²) in [6, 6.07) is 9.19. The summed E-state index contributed by atoms with van der Waals surface area (Å²) in [5.74, 6) is -0.0721. The van der Waals surface area contributed by atoms with Crippen molar-refractivity contribution in [2.75, 3.05) is 12.3 Å². The Morgan fingerprint density at radius 2 is 2.00 bits per heavy atom. The first-order valence-corrected chi connectivity index (χ1v) is 6.20. The number of nitrogen functional groups attached to an aromatic ring is 1. The predicted molar refractivity (Wildman–Crippen MR) is 75.9 cm³/mol. The predicted octanol–water partition coefficient (Wildman–Crippen LogP) is 1.94. The highest BCUT2D eigenvalue weighted by Crippen LogP contribution is 2.12. The van der Waals surface area contributed by atoms with E-state index in [4.69, 9.17) is 5.73 Å². The Morgan fingerprint density at radius 3 is 2.68 bits per heavy atom. The molecule has 0 aliphatic heterocycles. The molecule has 1 aromatic heterocycles. The third-order valence-electron chi connectivity index (χ3n) is 2.98. The highest BCUT2D eigenvalue weighted by molar-refractivity contribution is 5.94. The van der Waals surface area contributed by atoms with Gasteiger partial charge in [0.05, 0.1) is 0 Å². The van der Waals surface area contributed by atoms with Gasteiger partial charge in [-0.15, -0.1) is 0 Å². The highest BCUT2D eigenvalue weighted by atomic mass is 16.1. The van der Waals surface area contributed by atoms with Crippen LogP contribution in [0, 0.1) is 6.92 Å². The SMILES string of the molecule is Cc1cc(C(=O)NCCc2ccncc2)ccc1N. The molecular weight excluding hydrogens is 238 g/mol. The summed E-state index contributed by atoms with van der Waals surface area (Å²) in [4.78, 5) is 15.9. The summed E-state index contributed by atoms with van der Waals surface area (Å²) in [5, 5.41) is 2.89. The second-order valence-electron chi connectivity index (χ2n) is 4.43. The van der Waals surface area contributed by atoms with Crippen LogP contribution in [-0.4, -0.2) is 17.4 Å². The number of carbonyl (C=O) groups is 1. The van der Waals surface area contributed by atoms with Crippen LogP contribution < -0.4 is 11.1 Å². The van der Waals surface area contributed by atoms with Gasteiger partial charge in [0.1, 0.15) is 0 Å². The maximum absolute atomic E-state index is 11.9. The highest BCUT2D eigenvalue weighted by Gasteiger charge is 2.06. The van der Waals surface area contributed by atoms with E-state index < -0.39 is 0 Å². The van der Waals surface area contributed by atoms with Gasteiger partial charge in [-0.25, -0.2) is 0 Å². The van der Waals surface area contributed by atoms with E-state index >= 15 is 0 Å². The lowest BCUT2D eigenvalue weighted by molar-refractivity contribution is 0.0954. The van der Waals surface area contributed by atoms with Crippen LogP contribution in [0.5, 0.6) is 0 Å². The Hall–Kier alpha value is -2.36. The number of aromatic nitrogens is 1. The van der Waals surface area contributed by atoms with Crippen molar-refractivity contribution in [3.63, 3.8) is 0 Å². The minimum absolute atomic E-state index is 0.0721. The Morgan fingerprint density at radius 1 is 1.26 bits per heavy atom. The molecular formula is C15H17N3O. The molecule has 0 aliphatic rings. The number of amides is 1. The molecule has 2 aromatic rings. The number of pyridine rings is 1. The summed E-state index contributed by atoms with van der Waals surface area (Å²) < 4.78 is 0. The van der Waals surface area contributed by atoms with Gasteiger partial charge in [0, 0.05) is 30.2 Å². The second kappa shape index (κ2) is 6.00. The third-order valence-corrected chi connectivity index (χ3v) is 2.98. The van der Waals surface area contributed by atoms with Gasteiger partial charge in [-0.05, 0) is 54.8 Å². The molecule has 0 unspecified atom stereocenters. The molecule has 1 amide bonds. The minimum atomic E-state index is -0.0721. The van der Waals surface area contributed by atoms with Crippen LogP contribution in [0.25, 0.3) is 0 Å². The van der Waals surface area contributed by atoms with Gasteiger partial charge in [-0.2, -0.15) is 0 Å². The fourth-order valence-corrected chi connectivity index (χ4v) is 1.79. The van der Waals surface area contributed by atoms with Crippen molar-refractivity contribution in [1.29, 1.82) is 0 Å². The first kappa shape index (κ1) is 13.1. The Balaban J connectivity index is 1.89. The molecule has 0 spiro atoms. The van der Waals surface area contributed by atoms with Crippen molar-refractivity contribution in [1.82, 2.24) is 10.3 Å². The molecule has 1 aromatic carbocycles. The molecule has 0 aliphatic carbocycles. The number of nitrogens with one attached hydrogen (secondary N) is 1. The number of hydrogen-bond donors (Lipinski definition) is 2. The van der Waals surface area contributed by atoms with Crippen LogP contribution in [0.2, 0.25) is 0 Å². The number of rotatable bonds is 4. The Bertz CT molecular complexity index is 567. The Labute approximate surface area is 112 Å². The molecule has 4 heteroatoms. The molecule has 98 valence electrons. The van der Waals surface area contributed by atoms with E-state index in [1.54, 1.807) is 30.6 Å². The summed E-state index contributed by atoms with van der Waals surface area (Å²) in [5.41, 5.74) is 9.14. The first-order valence-electron chi connectivity index (χ1n) is 6.20. The van der Waals surface area contributed by atoms with E-state index in [0.717, 1.165) is 17.5 Å². The smallest absolute Gasteiger partial charge is 0.251 e. The zero-order valence-electron chi connectivity index (χ0n) is 10.9. The topological polar surface area (TPSA) is 68.0 Å². The van der Waals surface area contributed by atoms with Crippen LogP contribution in [0.4, 0.5) is 5.69 Å². The van der Waals surface area contributed by atoms with Crippen LogP contribution in [-0.2, 0) is 6.42 Å². The number of nitrogens with two attached hydrogens (primary N) is 1. The van der Waals surface area contributed by atoms with Gasteiger partial charge in [0.15, 0.2) is 0 Å². The summed E-state index contributed by atoms with van der Waals surface area (Å²) in [6.45, 7) is 2.50. The quantitative estimate of drug-likeness (QED) is 0.820. The van der Waals surface area contributed by atoms with E-state index in [-0.39, 0.29) is 5.91 Å². The number of nitrogens with zero attached hydrogens (tertiary/aromatic N) is 1. The zero-order valence-corrected chi connectivity index (χ0v) is 10.9. The van der Waals surface area contributed by atoms with E-state index in [1.807, 2.05) is 19.1 Å². The van der Waals surface area contributed by atoms with Crippen LogP contribution in [0.15, 0.2) is 42.7 Å². The zero-order chi connectivity index (χ0) is 13.7. The van der Waals surface area contributed by atoms with Crippen molar-refractivity contribution in [3.05, 3.63) is 59.4 Å². The van der Waals surface area contributed by atoms with Gasteiger partial charge in [0.25, 0.3) is 5.91 Å². The van der Waals surface area contributed by atoms with Crippen molar-refractivity contribution in [3.8, 4) is 0 Å². The van der Waals surface area contributed by atoms with Crippen LogP contribution >= 0.6 is 0 Å². The summed E-state index contributed by atoms with van der Waals surface area (Å²) in [6.07, 6.45) is 4.29. The van der Waals surface area contributed by atoms with Crippen LogP contribution in [0.3, 0.4) is 0 Å². The number of carbonyl (C=O) groups excluding carboxylic acids is 1. The van der Waals surface area contributed by atoms with E-state index in [2.05, 4.69) is 10.3 Å². The summed E-state index contributed by atoms with van der Waals surface area (Å²) in [7, 11) is 0. The lowest BCUT2D eigenvalue weighted by Crippen LogP contribution is -2.25. The van der Waals surface area contributed by atoms with Gasteiger partial charge >= 0.3 is 0 Å². The Kier molecular flexibility index (Phi) is 4.13. The van der Waals surface area contributed by atoms with Crippen LogP contribution in [0.1, 0.15) is 21.5 Å². The van der Waals surface area contributed by atoms with Crippen molar-refractivity contribution in [2.24, 2.45) is 0 Å². The molecule has 0 atom stereocenters. The summed E-state index contributed by atoms with van der Waals surface area (Å²) >= 11 is 0. The minimum Gasteiger partial charge on any atom is -0.399 e. The monoisotopic (exact) mass is 255 g/mol. The standard InChI is InChI=1S/C15H17N3O/c1-11-10-13(2-3-14(11)16)15(19)18-9-6-12-4-7-17-8-5-12/h2-5,7-8,10H,6,9,16H2,1H3,(H,18,19). The number of benzene rings is 1. The van der Waals surface area contributed by atoms with Gasteiger partial charge in [-0.1, -0.05) is 0 Å². The van der Waals surface area contributed by atoms with Gasteiger partial charge < -0.3 is 11.1 Å². The van der Waals surface area contributed by atoms with E-state index in [0.29, 0.717) is 17.8 Å². The fourth-order valence-electron chi connectivity index (χ4n) is 1.79. The molecule has 3 N–H and O–H groups in total. The molecule has 19 heavy (non-hydrogen) atoms. The molecule has 1 heterocycles. The fraction of sp³-hybridized carbons (Fsp3) is 0.200. The lowest BCUT2D eigenvalue weighted by Gasteiger charge is -2.07. The molecule has 2 rings (SSSR count). The number of anilines is 1. The molecule has 0 saturated heterocycles. The van der Waals surface area contributed by atoms with Gasteiger partial charge in [-0.3, -0.25) is 9.78 Å². The maximum Gasteiger partial charge on any atom is 0.251 e. The average Bonchev–Trinajstić information content (AvgIpc) is 2.43. The van der Waals surface area contributed by atoms with E-state index in [1.165, 1.54) is 0 Å². The molecule has 0 bridgehead atoms. The molecule has 4 nitrogen and oxygen atoms in total. The van der Waals surface area contributed by atoms with Crippen molar-refractivity contribution in [2.45, 2.75) is 13.3 Å². The van der Waals surface area contributed by atoms with Gasteiger partial charge in [0.2, 0.25) is 0 Å². The molecule has 0 radical (unpaired) electrons. The second-order valence-corrected chi connectivity index (χ2v) is 4.43. The normalized spacial score (nSPS) is 10.2. The van der Waals surface area contributed by atoms with E-state index in [9.17, 15) is 4.79 Å². The largest absolute Gasteiger partial charge is 0.399 e. The number of aryl methyl sites for hydroxylation is 1. The first-order chi connectivity index (χ1) is 9.16. The third kappa shape index (κ3) is 3.55. The maximum atomic E-state index is 11.9. The lowest BCUT2D eigenvalue weighted by atomic mass is 10.1. The van der Waals surface area contributed by atoms with Crippen molar-refractivity contribution >= 4 is 11.6 Å². The van der Waals surface area contributed by atoms with Crippen molar-refractivity contribution < 1.29 is 4.79 Å². The average molecular weight is 255 g/mol. The number of hydrogen-bond acceptors (Lipinski definition) is 3. The molecule has 0 fully saturated rings. The molecule has 0 saturated carbocycles.